The standard InChI is InChI=1S/C7H15ClO/c1-6(2,5-9)7(3,4)8/h9H,5H2,1-4H3. The molecule has 0 amide bonds. The molecule has 9 heavy (non-hydrogen) atoms. The molecule has 1 nitrogen and oxygen atoms in total. The van der Waals surface area contributed by atoms with E-state index < -0.39 is 0 Å². The molecular weight excluding hydrogens is 136 g/mol. The van der Waals surface area contributed by atoms with Crippen LogP contribution in [0.25, 0.3) is 0 Å². The maximum atomic E-state index is 8.85. The molecule has 0 heterocycles. The summed E-state index contributed by atoms with van der Waals surface area (Å²) in [5.41, 5.74) is -0.200. The maximum Gasteiger partial charge on any atom is 0.0498 e. The van der Waals surface area contributed by atoms with Gasteiger partial charge in [0.05, 0.1) is 0 Å². The first-order valence-corrected chi connectivity index (χ1v) is 3.49. The molecule has 0 aromatic carbocycles. The molecule has 1 N–H and O–H groups in total. The molecular formula is C7H15ClO. The Morgan fingerprint density at radius 1 is 1.22 bits per heavy atom. The third-order valence-electron chi connectivity index (χ3n) is 2.00. The van der Waals surface area contributed by atoms with Gasteiger partial charge in [0.25, 0.3) is 0 Å². The quantitative estimate of drug-likeness (QED) is 0.598. The molecule has 0 unspecified atom stereocenters. The van der Waals surface area contributed by atoms with Crippen LogP contribution in [-0.2, 0) is 0 Å². The topological polar surface area (TPSA) is 20.2 Å². The van der Waals surface area contributed by atoms with E-state index in [1.807, 2.05) is 27.7 Å². The average molecular weight is 151 g/mol. The number of halogens is 1. The molecule has 0 aliphatic heterocycles. The van der Waals surface area contributed by atoms with Crippen LogP contribution < -0.4 is 0 Å². The predicted molar refractivity (Wildman–Crippen MR) is 40.8 cm³/mol. The van der Waals surface area contributed by atoms with Crippen molar-refractivity contribution < 1.29 is 5.11 Å². The number of alkyl halides is 1. The number of rotatable bonds is 2. The fraction of sp³-hybridized carbons (Fsp3) is 1.00. The summed E-state index contributed by atoms with van der Waals surface area (Å²) in [5.74, 6) is 0. The van der Waals surface area contributed by atoms with E-state index in [1.54, 1.807) is 0 Å². The molecule has 0 atom stereocenters. The predicted octanol–water partition coefficient (Wildman–Crippen LogP) is 2.02. The molecule has 0 radical (unpaired) electrons. The normalized spacial score (nSPS) is 14.0. The molecule has 0 aromatic heterocycles. The van der Waals surface area contributed by atoms with Gasteiger partial charge in [-0.15, -0.1) is 11.6 Å². The highest BCUT2D eigenvalue weighted by Gasteiger charge is 2.34. The van der Waals surface area contributed by atoms with Crippen molar-refractivity contribution in [1.29, 1.82) is 0 Å². The van der Waals surface area contributed by atoms with Gasteiger partial charge in [0.1, 0.15) is 0 Å². The average Bonchev–Trinajstić information content (AvgIpc) is 1.64. The number of hydrogen-bond acceptors (Lipinski definition) is 1. The summed E-state index contributed by atoms with van der Waals surface area (Å²) in [6.45, 7) is 7.83. The summed E-state index contributed by atoms with van der Waals surface area (Å²) in [4.78, 5) is -0.332. The number of hydrogen-bond donors (Lipinski definition) is 1. The zero-order chi connectivity index (χ0) is 7.71. The van der Waals surface area contributed by atoms with Crippen molar-refractivity contribution in [3.63, 3.8) is 0 Å². The maximum absolute atomic E-state index is 8.85. The highest BCUT2D eigenvalue weighted by Crippen LogP contribution is 2.35. The smallest absolute Gasteiger partial charge is 0.0498 e. The number of aliphatic hydroxyl groups excluding tert-OH is 1. The van der Waals surface area contributed by atoms with Crippen LogP contribution in [-0.4, -0.2) is 16.6 Å². The third kappa shape index (κ3) is 2.15. The first-order chi connectivity index (χ1) is 3.81. The van der Waals surface area contributed by atoms with Gasteiger partial charge in [0.2, 0.25) is 0 Å². The lowest BCUT2D eigenvalue weighted by Crippen LogP contribution is -2.36. The first-order valence-electron chi connectivity index (χ1n) is 3.11. The SMILES string of the molecule is CC(C)(Cl)C(C)(C)CO. The van der Waals surface area contributed by atoms with Crippen molar-refractivity contribution in [2.45, 2.75) is 32.6 Å². The van der Waals surface area contributed by atoms with Gasteiger partial charge in [-0.25, -0.2) is 0 Å². The number of aliphatic hydroxyl groups is 1. The van der Waals surface area contributed by atoms with Crippen molar-refractivity contribution in [3.8, 4) is 0 Å². The van der Waals surface area contributed by atoms with Gasteiger partial charge in [-0.3, -0.25) is 0 Å². The molecule has 0 saturated carbocycles. The van der Waals surface area contributed by atoms with Crippen LogP contribution in [0, 0.1) is 5.41 Å². The molecule has 0 saturated heterocycles. The van der Waals surface area contributed by atoms with Gasteiger partial charge in [-0.1, -0.05) is 13.8 Å². The fourth-order valence-corrected chi connectivity index (χ4v) is 0.248. The molecule has 0 fully saturated rings. The second-order valence-electron chi connectivity index (χ2n) is 3.51. The highest BCUT2D eigenvalue weighted by atomic mass is 35.5. The Hall–Kier alpha value is 0.250. The van der Waals surface area contributed by atoms with Crippen LogP contribution in [0.4, 0.5) is 0 Å². The summed E-state index contributed by atoms with van der Waals surface area (Å²) in [5, 5.41) is 8.85. The van der Waals surface area contributed by atoms with Crippen LogP contribution in [0.2, 0.25) is 0 Å². The monoisotopic (exact) mass is 150 g/mol. The van der Waals surface area contributed by atoms with Gasteiger partial charge < -0.3 is 5.11 Å². The lowest BCUT2D eigenvalue weighted by Gasteiger charge is -2.34. The van der Waals surface area contributed by atoms with Crippen molar-refractivity contribution in [1.82, 2.24) is 0 Å². The van der Waals surface area contributed by atoms with Crippen LogP contribution in [0.15, 0.2) is 0 Å². The Morgan fingerprint density at radius 3 is 1.56 bits per heavy atom. The minimum absolute atomic E-state index is 0.128. The lowest BCUT2D eigenvalue weighted by molar-refractivity contribution is 0.127. The van der Waals surface area contributed by atoms with Crippen LogP contribution >= 0.6 is 11.6 Å². The van der Waals surface area contributed by atoms with E-state index in [-0.39, 0.29) is 16.9 Å². The van der Waals surface area contributed by atoms with E-state index in [1.165, 1.54) is 0 Å². The minimum atomic E-state index is -0.332. The second kappa shape index (κ2) is 2.47. The van der Waals surface area contributed by atoms with Crippen LogP contribution in [0.1, 0.15) is 27.7 Å². The van der Waals surface area contributed by atoms with Gasteiger partial charge in [-0.2, -0.15) is 0 Å². The lowest BCUT2D eigenvalue weighted by atomic mass is 9.81. The van der Waals surface area contributed by atoms with Gasteiger partial charge in [-0.05, 0) is 13.8 Å². The summed E-state index contributed by atoms with van der Waals surface area (Å²) in [7, 11) is 0. The summed E-state index contributed by atoms with van der Waals surface area (Å²) >= 11 is 5.96. The van der Waals surface area contributed by atoms with Gasteiger partial charge in [0, 0.05) is 16.9 Å². The third-order valence-corrected chi connectivity index (χ3v) is 2.52. The molecule has 2 heteroatoms. The Labute approximate surface area is 62.0 Å². The summed E-state index contributed by atoms with van der Waals surface area (Å²) in [6, 6.07) is 0. The van der Waals surface area contributed by atoms with Crippen molar-refractivity contribution in [3.05, 3.63) is 0 Å². The Morgan fingerprint density at radius 2 is 1.56 bits per heavy atom. The molecule has 0 aromatic rings. The Balaban J connectivity index is 4.14. The summed E-state index contributed by atoms with van der Waals surface area (Å²) < 4.78 is 0. The van der Waals surface area contributed by atoms with Crippen molar-refractivity contribution >= 4 is 11.6 Å². The second-order valence-corrected chi connectivity index (χ2v) is 4.46. The summed E-state index contributed by atoms with van der Waals surface area (Å²) in [6.07, 6.45) is 0. The van der Waals surface area contributed by atoms with E-state index in [4.69, 9.17) is 16.7 Å². The minimum Gasteiger partial charge on any atom is -0.396 e. The molecule has 0 aliphatic rings. The molecule has 56 valence electrons. The highest BCUT2D eigenvalue weighted by molar-refractivity contribution is 6.23. The van der Waals surface area contributed by atoms with Crippen molar-refractivity contribution in [2.24, 2.45) is 5.41 Å². The zero-order valence-corrected chi connectivity index (χ0v) is 7.29. The Bertz CT molecular complexity index is 91.6. The fourth-order valence-electron chi connectivity index (χ4n) is 0.188. The molecule has 0 spiro atoms. The van der Waals surface area contributed by atoms with E-state index in [0.29, 0.717) is 0 Å². The van der Waals surface area contributed by atoms with Crippen molar-refractivity contribution in [2.75, 3.05) is 6.61 Å². The van der Waals surface area contributed by atoms with E-state index in [0.717, 1.165) is 0 Å². The first kappa shape index (κ1) is 9.25. The molecule has 0 rings (SSSR count). The zero-order valence-electron chi connectivity index (χ0n) is 6.53. The van der Waals surface area contributed by atoms with E-state index in [9.17, 15) is 0 Å². The van der Waals surface area contributed by atoms with Crippen LogP contribution in [0.5, 0.6) is 0 Å². The molecule has 0 bridgehead atoms. The van der Waals surface area contributed by atoms with Crippen LogP contribution in [0.3, 0.4) is 0 Å². The molecule has 0 aliphatic carbocycles. The van der Waals surface area contributed by atoms with E-state index in [2.05, 4.69) is 0 Å². The largest absolute Gasteiger partial charge is 0.396 e. The Kier molecular flexibility index (Phi) is 2.54. The van der Waals surface area contributed by atoms with E-state index >= 15 is 0 Å². The van der Waals surface area contributed by atoms with Gasteiger partial charge in [0.15, 0.2) is 0 Å². The van der Waals surface area contributed by atoms with Gasteiger partial charge >= 0.3 is 0 Å².